The average molecular weight is 278 g/mol. The minimum absolute atomic E-state index is 0.346. The van der Waals surface area contributed by atoms with Crippen LogP contribution >= 0.6 is 0 Å². The summed E-state index contributed by atoms with van der Waals surface area (Å²) >= 11 is 0. The second-order valence-corrected chi connectivity index (χ2v) is 4.99. The van der Waals surface area contributed by atoms with Crippen LogP contribution in [0.25, 0.3) is 0 Å². The van der Waals surface area contributed by atoms with E-state index in [2.05, 4.69) is 4.74 Å². The quantitative estimate of drug-likeness (QED) is 0.787. The molecule has 0 aliphatic heterocycles. The molecule has 2 nitrogen and oxygen atoms in total. The fourth-order valence-corrected chi connectivity index (χ4v) is 2.18. The predicted octanol–water partition coefficient (Wildman–Crippen LogP) is 3.54. The van der Waals surface area contributed by atoms with Gasteiger partial charge in [-0.3, -0.25) is 0 Å². The molecular weight excluding hydrogens is 265 g/mol. The Balaban J connectivity index is 2.86. The van der Waals surface area contributed by atoms with Crippen LogP contribution in [0, 0.1) is 6.92 Å². The Labute approximate surface area is 106 Å². The molecule has 1 atom stereocenters. The van der Waals surface area contributed by atoms with Gasteiger partial charge in [0.2, 0.25) is 0 Å². The molecule has 0 saturated carbocycles. The number of aryl methyl sites for hydroxylation is 1. The monoisotopic (exact) mass is 278 g/mol. The zero-order chi connectivity index (χ0) is 13.8. The van der Waals surface area contributed by atoms with Crippen LogP contribution in [0.3, 0.4) is 0 Å². The van der Waals surface area contributed by atoms with Crippen molar-refractivity contribution in [3.8, 4) is 0 Å². The third-order valence-electron chi connectivity index (χ3n) is 2.13. The average Bonchev–Trinajstić information content (AvgIpc) is 2.27. The summed E-state index contributed by atoms with van der Waals surface area (Å²) < 4.78 is 52.9. The van der Waals surface area contributed by atoms with Gasteiger partial charge >= 0.3 is 6.18 Å². The smallest absolute Gasteiger partial charge is 0.396 e. The van der Waals surface area contributed by atoms with E-state index in [-0.39, 0.29) is 5.76 Å². The zero-order valence-corrected chi connectivity index (χ0v) is 10.8. The maximum absolute atomic E-state index is 12.2. The van der Waals surface area contributed by atoms with E-state index < -0.39 is 23.4 Å². The molecule has 0 aromatic heterocycles. The Kier molecular flexibility index (Phi) is 4.95. The van der Waals surface area contributed by atoms with E-state index in [1.165, 1.54) is 0 Å². The van der Waals surface area contributed by atoms with Crippen molar-refractivity contribution in [2.24, 2.45) is 0 Å². The highest BCUT2D eigenvalue weighted by atomic mass is 32.2. The third-order valence-corrected chi connectivity index (χ3v) is 3.34. The van der Waals surface area contributed by atoms with Gasteiger partial charge in [0.15, 0.2) is 0 Å². The number of allylic oxidation sites excluding steroid dienone is 1. The number of methoxy groups -OCH3 is 1. The fourth-order valence-electron chi connectivity index (χ4n) is 1.22. The lowest BCUT2D eigenvalue weighted by molar-refractivity contribution is -0.133. The summed E-state index contributed by atoms with van der Waals surface area (Å²) in [5, 5.41) is 0.984. The first-order valence-electron chi connectivity index (χ1n) is 5.10. The molecule has 0 amide bonds. The molecule has 1 aromatic rings. The highest BCUT2D eigenvalue weighted by Crippen LogP contribution is 2.25. The Morgan fingerprint density at radius 2 is 1.89 bits per heavy atom. The number of hydrogen-bond donors (Lipinski definition) is 0. The first-order chi connectivity index (χ1) is 8.31. The highest BCUT2D eigenvalue weighted by molar-refractivity contribution is 7.88. The second kappa shape index (κ2) is 6.04. The van der Waals surface area contributed by atoms with Crippen LogP contribution in [0.4, 0.5) is 13.2 Å². The topological polar surface area (TPSA) is 26.3 Å². The molecule has 0 spiro atoms. The molecule has 0 heterocycles. The molecule has 100 valence electrons. The number of ether oxygens (including phenoxy) is 1. The molecular formula is C12H13F3O2S. The van der Waals surface area contributed by atoms with Gasteiger partial charge in [0.1, 0.15) is 12.2 Å². The van der Waals surface area contributed by atoms with E-state index in [1.807, 2.05) is 6.92 Å². The number of halogens is 3. The molecule has 0 radical (unpaired) electrons. The molecule has 0 bridgehead atoms. The van der Waals surface area contributed by atoms with E-state index in [4.69, 9.17) is 0 Å². The van der Waals surface area contributed by atoms with Crippen LogP contribution in [0.2, 0.25) is 0 Å². The summed E-state index contributed by atoms with van der Waals surface area (Å²) in [4.78, 5) is 0.442. The van der Waals surface area contributed by atoms with E-state index in [1.54, 1.807) is 24.3 Å². The lowest BCUT2D eigenvalue weighted by Gasteiger charge is -2.09. The molecule has 0 aliphatic rings. The van der Waals surface area contributed by atoms with E-state index in [9.17, 15) is 17.4 Å². The van der Waals surface area contributed by atoms with Gasteiger partial charge in [-0.1, -0.05) is 17.7 Å². The van der Waals surface area contributed by atoms with Crippen LogP contribution in [0.1, 0.15) is 12.0 Å². The van der Waals surface area contributed by atoms with Gasteiger partial charge in [0.25, 0.3) is 0 Å². The fraction of sp³-hybridized carbons (Fsp3) is 0.333. The summed E-state index contributed by atoms with van der Waals surface area (Å²) in [6.45, 7) is 1.87. The van der Waals surface area contributed by atoms with Crippen LogP contribution in [0.5, 0.6) is 0 Å². The van der Waals surface area contributed by atoms with Crippen molar-refractivity contribution < 1.29 is 22.1 Å². The molecule has 0 N–H and O–H groups in total. The summed E-state index contributed by atoms with van der Waals surface area (Å²) in [6, 6.07) is 6.72. The number of hydrogen-bond acceptors (Lipinski definition) is 2. The first kappa shape index (κ1) is 14.8. The van der Waals surface area contributed by atoms with Crippen LogP contribution in [-0.2, 0) is 15.5 Å². The third kappa shape index (κ3) is 4.91. The Morgan fingerprint density at radius 3 is 2.33 bits per heavy atom. The van der Waals surface area contributed by atoms with Crippen molar-refractivity contribution in [1.29, 1.82) is 0 Å². The first-order valence-corrected chi connectivity index (χ1v) is 6.32. The van der Waals surface area contributed by atoms with Gasteiger partial charge in [0.05, 0.1) is 17.9 Å². The van der Waals surface area contributed by atoms with E-state index >= 15 is 0 Å². The lowest BCUT2D eigenvalue weighted by Crippen LogP contribution is -2.10. The number of alkyl halides is 3. The molecule has 0 aliphatic carbocycles. The number of benzene rings is 1. The zero-order valence-electron chi connectivity index (χ0n) is 9.95. The molecule has 6 heteroatoms. The molecule has 18 heavy (non-hydrogen) atoms. The summed E-state index contributed by atoms with van der Waals surface area (Å²) in [6.07, 6.45) is -5.60. The van der Waals surface area contributed by atoms with Gasteiger partial charge in [-0.25, -0.2) is 4.21 Å². The maximum atomic E-state index is 12.2. The number of rotatable bonds is 4. The van der Waals surface area contributed by atoms with Crippen molar-refractivity contribution in [1.82, 2.24) is 0 Å². The molecule has 0 saturated heterocycles. The Hall–Kier alpha value is -1.30. The lowest BCUT2D eigenvalue weighted by atomic mass is 10.2. The van der Waals surface area contributed by atoms with Gasteiger partial charge in [-0.15, -0.1) is 0 Å². The SMILES string of the molecule is CO/C(=C\[S@@](=O)c1ccc(C)cc1)CC(F)(F)F. The predicted molar refractivity (Wildman–Crippen MR) is 63.4 cm³/mol. The van der Waals surface area contributed by atoms with Crippen molar-refractivity contribution >= 4 is 10.8 Å². The van der Waals surface area contributed by atoms with Crippen LogP contribution in [0.15, 0.2) is 40.3 Å². The summed E-state index contributed by atoms with van der Waals surface area (Å²) in [7, 11) is -0.514. The molecule has 1 aromatic carbocycles. The minimum Gasteiger partial charge on any atom is -0.500 e. The standard InChI is InChI=1S/C12H13F3O2S/c1-9-3-5-11(6-4-9)18(16)8-10(17-2)7-12(13,14)15/h3-6,8H,7H2,1-2H3/b10-8-/t18-/m1/s1. The maximum Gasteiger partial charge on any atom is 0.396 e. The van der Waals surface area contributed by atoms with Gasteiger partial charge in [-0.05, 0) is 19.1 Å². The van der Waals surface area contributed by atoms with Gasteiger partial charge in [-0.2, -0.15) is 13.2 Å². The largest absolute Gasteiger partial charge is 0.500 e. The Morgan fingerprint density at radius 1 is 1.33 bits per heavy atom. The molecule has 0 unspecified atom stereocenters. The molecule has 0 fully saturated rings. The van der Waals surface area contributed by atoms with Crippen LogP contribution in [-0.4, -0.2) is 17.5 Å². The second-order valence-electron chi connectivity index (χ2n) is 3.69. The van der Waals surface area contributed by atoms with Crippen molar-refractivity contribution in [3.63, 3.8) is 0 Å². The van der Waals surface area contributed by atoms with Gasteiger partial charge in [0, 0.05) is 10.3 Å². The minimum atomic E-state index is -4.38. The van der Waals surface area contributed by atoms with Crippen molar-refractivity contribution in [3.05, 3.63) is 41.0 Å². The Bertz CT molecular complexity index is 449. The van der Waals surface area contributed by atoms with Crippen molar-refractivity contribution in [2.75, 3.05) is 7.11 Å². The highest BCUT2D eigenvalue weighted by Gasteiger charge is 2.29. The van der Waals surface area contributed by atoms with Crippen molar-refractivity contribution in [2.45, 2.75) is 24.4 Å². The van der Waals surface area contributed by atoms with Crippen LogP contribution < -0.4 is 0 Å². The summed E-state index contributed by atoms with van der Waals surface area (Å²) in [5.74, 6) is -0.346. The van der Waals surface area contributed by atoms with E-state index in [0.29, 0.717) is 4.90 Å². The van der Waals surface area contributed by atoms with Gasteiger partial charge < -0.3 is 4.74 Å². The van der Waals surface area contributed by atoms with E-state index in [0.717, 1.165) is 18.1 Å². The normalized spacial score (nSPS) is 14.4. The molecule has 1 rings (SSSR count). The summed E-state index contributed by atoms with van der Waals surface area (Å²) in [5.41, 5.74) is 0.988.